The van der Waals surface area contributed by atoms with Crippen LogP contribution in [0.25, 0.3) is 0 Å². The molecule has 0 aromatic carbocycles. The zero-order chi connectivity index (χ0) is 17.1. The third-order valence-corrected chi connectivity index (χ3v) is 6.15. The van der Waals surface area contributed by atoms with Gasteiger partial charge in [-0.1, -0.05) is 6.42 Å². The van der Waals surface area contributed by atoms with E-state index in [4.69, 9.17) is 0 Å². The molecule has 3 fully saturated rings. The number of nitrogens with zero attached hydrogens (tertiary/aromatic N) is 4. The van der Waals surface area contributed by atoms with E-state index in [1.807, 2.05) is 12.4 Å². The number of likely N-dealkylation sites (tertiary alicyclic amines) is 1. The second-order valence-corrected chi connectivity index (χ2v) is 7.81. The van der Waals surface area contributed by atoms with Crippen molar-refractivity contribution in [2.24, 2.45) is 0 Å². The van der Waals surface area contributed by atoms with Gasteiger partial charge in [-0.25, -0.2) is 0 Å². The van der Waals surface area contributed by atoms with E-state index in [0.29, 0.717) is 11.9 Å². The molecule has 4 heterocycles. The zero-order valence-electron chi connectivity index (χ0n) is 15.1. The first-order valence-electron chi connectivity index (χ1n) is 9.97. The lowest BCUT2D eigenvalue weighted by Crippen LogP contribution is -2.52. The molecule has 2 atom stereocenters. The number of rotatable bonds is 3. The van der Waals surface area contributed by atoms with Gasteiger partial charge in [0.15, 0.2) is 0 Å². The van der Waals surface area contributed by atoms with Gasteiger partial charge in [0.1, 0.15) is 0 Å². The van der Waals surface area contributed by atoms with Crippen LogP contribution in [-0.2, 0) is 11.3 Å². The number of pyridine rings is 1. The van der Waals surface area contributed by atoms with Gasteiger partial charge in [-0.3, -0.25) is 19.6 Å². The predicted molar refractivity (Wildman–Crippen MR) is 98.1 cm³/mol. The maximum atomic E-state index is 13.3. The average molecular weight is 342 g/mol. The number of aromatic nitrogens is 1. The Balaban J connectivity index is 1.44. The van der Waals surface area contributed by atoms with E-state index < -0.39 is 0 Å². The Morgan fingerprint density at radius 1 is 1.00 bits per heavy atom. The summed E-state index contributed by atoms with van der Waals surface area (Å²) < 4.78 is 0. The van der Waals surface area contributed by atoms with E-state index >= 15 is 0 Å². The van der Waals surface area contributed by atoms with Crippen molar-refractivity contribution in [3.63, 3.8) is 0 Å². The van der Waals surface area contributed by atoms with Crippen molar-refractivity contribution in [3.8, 4) is 0 Å². The maximum Gasteiger partial charge on any atom is 0.239 e. The molecule has 0 saturated carbocycles. The number of carbonyl (C=O) groups excluding carboxylic acids is 1. The molecule has 136 valence electrons. The van der Waals surface area contributed by atoms with E-state index in [-0.39, 0.29) is 6.04 Å². The van der Waals surface area contributed by atoms with Gasteiger partial charge in [-0.2, -0.15) is 0 Å². The standard InChI is InChI=1S/C20H30N4O/c25-20(24-14-4-13-22-12-3-5-18(22)16-24)19-6-1-2-11-23(19)15-17-7-9-21-10-8-17/h7-10,18-19H,1-6,11-16H2/t18-,19-/m1/s1. The Hall–Kier alpha value is -1.46. The van der Waals surface area contributed by atoms with E-state index in [9.17, 15) is 4.79 Å². The van der Waals surface area contributed by atoms with Crippen LogP contribution in [0.2, 0.25) is 0 Å². The molecule has 3 aliphatic rings. The molecular weight excluding hydrogens is 312 g/mol. The minimum Gasteiger partial charge on any atom is -0.340 e. The van der Waals surface area contributed by atoms with Crippen LogP contribution in [0, 0.1) is 0 Å². The zero-order valence-corrected chi connectivity index (χ0v) is 15.1. The number of hydrogen-bond acceptors (Lipinski definition) is 4. The van der Waals surface area contributed by atoms with Gasteiger partial charge in [-0.15, -0.1) is 0 Å². The van der Waals surface area contributed by atoms with Crippen LogP contribution in [-0.4, -0.2) is 70.4 Å². The van der Waals surface area contributed by atoms with Gasteiger partial charge >= 0.3 is 0 Å². The molecule has 3 saturated heterocycles. The maximum absolute atomic E-state index is 13.3. The van der Waals surface area contributed by atoms with Crippen molar-refractivity contribution < 1.29 is 4.79 Å². The summed E-state index contributed by atoms with van der Waals surface area (Å²) in [4.78, 5) is 24.6. The van der Waals surface area contributed by atoms with Crippen LogP contribution in [0.3, 0.4) is 0 Å². The largest absolute Gasteiger partial charge is 0.340 e. The van der Waals surface area contributed by atoms with Gasteiger partial charge in [-0.05, 0) is 62.9 Å². The number of piperidine rings is 1. The SMILES string of the molecule is O=C([C@H]1CCCCN1Cc1ccncc1)N1CCCN2CCC[C@@H]2C1. The molecule has 1 aromatic heterocycles. The number of amides is 1. The third-order valence-electron chi connectivity index (χ3n) is 6.15. The topological polar surface area (TPSA) is 39.7 Å². The Morgan fingerprint density at radius 2 is 1.84 bits per heavy atom. The summed E-state index contributed by atoms with van der Waals surface area (Å²) in [6, 6.07) is 4.80. The fourth-order valence-electron chi connectivity index (χ4n) is 4.80. The lowest BCUT2D eigenvalue weighted by molar-refractivity contribution is -0.138. The van der Waals surface area contributed by atoms with Crippen LogP contribution in [0.5, 0.6) is 0 Å². The summed E-state index contributed by atoms with van der Waals surface area (Å²) in [6.45, 7) is 6.17. The summed E-state index contributed by atoms with van der Waals surface area (Å²) >= 11 is 0. The number of hydrogen-bond donors (Lipinski definition) is 0. The van der Waals surface area contributed by atoms with Crippen molar-refractivity contribution in [2.75, 3.05) is 32.7 Å². The summed E-state index contributed by atoms with van der Waals surface area (Å²) in [7, 11) is 0. The first-order valence-corrected chi connectivity index (χ1v) is 9.97. The average Bonchev–Trinajstić information content (AvgIpc) is 2.99. The molecule has 0 aliphatic carbocycles. The van der Waals surface area contributed by atoms with Crippen LogP contribution in [0.4, 0.5) is 0 Å². The van der Waals surface area contributed by atoms with Crippen LogP contribution in [0.1, 0.15) is 44.1 Å². The van der Waals surface area contributed by atoms with E-state index in [1.165, 1.54) is 44.3 Å². The number of fused-ring (bicyclic) bond motifs is 1. The molecule has 0 N–H and O–H groups in total. The molecule has 4 rings (SSSR count). The summed E-state index contributed by atoms with van der Waals surface area (Å²) in [5.41, 5.74) is 1.26. The lowest BCUT2D eigenvalue weighted by atomic mass is 9.99. The molecule has 3 aliphatic heterocycles. The van der Waals surface area contributed by atoms with E-state index in [1.54, 1.807) is 0 Å². The third kappa shape index (κ3) is 3.87. The highest BCUT2D eigenvalue weighted by molar-refractivity contribution is 5.82. The summed E-state index contributed by atoms with van der Waals surface area (Å²) in [5, 5.41) is 0. The first-order chi connectivity index (χ1) is 12.3. The van der Waals surface area contributed by atoms with Crippen molar-refractivity contribution in [3.05, 3.63) is 30.1 Å². The molecular formula is C20H30N4O. The summed E-state index contributed by atoms with van der Waals surface area (Å²) in [6.07, 6.45) is 10.8. The van der Waals surface area contributed by atoms with Crippen LogP contribution in [0.15, 0.2) is 24.5 Å². The Bertz CT molecular complexity index is 578. The molecule has 25 heavy (non-hydrogen) atoms. The minimum absolute atomic E-state index is 0.0647. The quantitative estimate of drug-likeness (QED) is 0.844. The predicted octanol–water partition coefficient (Wildman–Crippen LogP) is 2.13. The lowest BCUT2D eigenvalue weighted by Gasteiger charge is -2.38. The molecule has 0 bridgehead atoms. The van der Waals surface area contributed by atoms with Crippen molar-refractivity contribution in [1.29, 1.82) is 0 Å². The molecule has 1 amide bonds. The van der Waals surface area contributed by atoms with Gasteiger partial charge in [0.2, 0.25) is 5.91 Å². The highest BCUT2D eigenvalue weighted by Crippen LogP contribution is 2.25. The van der Waals surface area contributed by atoms with E-state index in [2.05, 4.69) is 31.8 Å². The van der Waals surface area contributed by atoms with Gasteiger partial charge < -0.3 is 4.90 Å². The van der Waals surface area contributed by atoms with Crippen molar-refractivity contribution >= 4 is 5.91 Å². The smallest absolute Gasteiger partial charge is 0.239 e. The highest BCUT2D eigenvalue weighted by atomic mass is 16.2. The van der Waals surface area contributed by atoms with E-state index in [0.717, 1.165) is 39.0 Å². The summed E-state index contributed by atoms with van der Waals surface area (Å²) in [5.74, 6) is 0.377. The van der Waals surface area contributed by atoms with Gasteiger partial charge in [0.05, 0.1) is 6.04 Å². The molecule has 5 heteroatoms. The monoisotopic (exact) mass is 342 g/mol. The Labute approximate surface area is 151 Å². The Kier molecular flexibility index (Phi) is 5.32. The fourth-order valence-corrected chi connectivity index (χ4v) is 4.80. The van der Waals surface area contributed by atoms with Crippen LogP contribution < -0.4 is 0 Å². The minimum atomic E-state index is 0.0647. The normalized spacial score (nSPS) is 28.6. The van der Waals surface area contributed by atoms with Gasteiger partial charge in [0.25, 0.3) is 0 Å². The molecule has 0 unspecified atom stereocenters. The molecule has 1 aromatic rings. The second kappa shape index (κ2) is 7.83. The first kappa shape index (κ1) is 17.0. The van der Waals surface area contributed by atoms with Crippen molar-refractivity contribution in [2.45, 2.75) is 57.2 Å². The highest BCUT2D eigenvalue weighted by Gasteiger charge is 2.36. The second-order valence-electron chi connectivity index (χ2n) is 7.81. The van der Waals surface area contributed by atoms with Crippen molar-refractivity contribution in [1.82, 2.24) is 19.7 Å². The molecule has 5 nitrogen and oxygen atoms in total. The molecule has 0 radical (unpaired) electrons. The number of carbonyl (C=O) groups is 1. The van der Waals surface area contributed by atoms with Crippen LogP contribution >= 0.6 is 0 Å². The Morgan fingerprint density at radius 3 is 2.72 bits per heavy atom. The van der Waals surface area contributed by atoms with Gasteiger partial charge in [0, 0.05) is 44.6 Å². The molecule has 0 spiro atoms. The fraction of sp³-hybridized carbons (Fsp3) is 0.700.